The van der Waals surface area contributed by atoms with Crippen LogP contribution in [0.1, 0.15) is 104 Å². The number of aliphatic hydroxyl groups is 4. The molecule has 1 unspecified atom stereocenters. The van der Waals surface area contributed by atoms with Crippen LogP contribution in [0.15, 0.2) is 133 Å². The van der Waals surface area contributed by atoms with E-state index in [1.807, 2.05) is 68.4 Å². The van der Waals surface area contributed by atoms with Gasteiger partial charge in [0.1, 0.15) is 23.2 Å². The van der Waals surface area contributed by atoms with Crippen molar-refractivity contribution < 1.29 is 90.3 Å². The molecule has 0 saturated heterocycles. The Hall–Kier alpha value is -7.72. The van der Waals surface area contributed by atoms with Gasteiger partial charge in [0.25, 0.3) is 0 Å². The van der Waals surface area contributed by atoms with Crippen LogP contribution in [0.4, 0.5) is 26.3 Å². The highest BCUT2D eigenvalue weighted by molar-refractivity contribution is 5.97. The monoisotopic (exact) mass is 1220 g/mol. The van der Waals surface area contributed by atoms with Crippen LogP contribution in [0.2, 0.25) is 0 Å². The van der Waals surface area contributed by atoms with Crippen molar-refractivity contribution in [3.8, 4) is 23.0 Å². The molecule has 8 aromatic rings. The van der Waals surface area contributed by atoms with Gasteiger partial charge >= 0.3 is 12.6 Å². The van der Waals surface area contributed by atoms with E-state index in [1.54, 1.807) is 48.7 Å². The summed E-state index contributed by atoms with van der Waals surface area (Å²) in [6.07, 6.45) is -9.64. The summed E-state index contributed by atoms with van der Waals surface area (Å²) in [6.45, 7) is 1.56. The summed E-state index contributed by atoms with van der Waals surface area (Å²) in [5.41, 5.74) is 1.36. The van der Waals surface area contributed by atoms with Gasteiger partial charge in [-0.05, 0) is 120 Å². The highest BCUT2D eigenvalue weighted by Gasteiger charge is 2.54. The molecule has 14 nitrogen and oxygen atoms in total. The summed E-state index contributed by atoms with van der Waals surface area (Å²) in [5.74, 6) is -2.46. The van der Waals surface area contributed by atoms with E-state index in [1.165, 1.54) is 53.1 Å². The normalized spacial score (nSPS) is 18.2. The number of alkyl halides is 4. The number of aliphatic hydroxyl groups excluding tert-OH is 3. The second kappa shape index (κ2) is 24.0. The minimum Gasteiger partial charge on any atom is -0.395 e. The van der Waals surface area contributed by atoms with E-state index in [0.29, 0.717) is 76.6 Å². The fourth-order valence-corrected chi connectivity index (χ4v) is 11.7. The zero-order valence-corrected chi connectivity index (χ0v) is 48.6. The minimum absolute atomic E-state index is 0.0603. The van der Waals surface area contributed by atoms with Crippen LogP contribution in [0.25, 0.3) is 21.8 Å². The van der Waals surface area contributed by atoms with E-state index in [2.05, 4.69) is 18.9 Å². The number of hydrogen-bond donors (Lipinski definition) is 4. The summed E-state index contributed by atoms with van der Waals surface area (Å²) in [7, 11) is 0. The number of fused-ring (bicyclic) bond motifs is 4. The van der Waals surface area contributed by atoms with Crippen LogP contribution < -0.4 is 18.9 Å². The first-order valence-electron chi connectivity index (χ1n) is 30.7. The average molecular weight is 1220 g/mol. The van der Waals surface area contributed by atoms with E-state index in [0.717, 1.165) is 11.1 Å². The third-order valence-electron chi connectivity index (χ3n) is 16.8. The molecule has 6 aromatic carbocycles. The van der Waals surface area contributed by atoms with Gasteiger partial charge in [0.05, 0.1) is 92.2 Å². The topological polar surface area (TPSA) is 180 Å². The van der Waals surface area contributed by atoms with Crippen LogP contribution in [0.5, 0.6) is 23.0 Å². The number of Topliss-reactive ketones (excluding diaryl/α,β-unsaturated/α-hetero) is 2. The molecule has 4 aliphatic rings. The van der Waals surface area contributed by atoms with Crippen LogP contribution in [0.3, 0.4) is 0 Å². The third kappa shape index (κ3) is 12.9. The molecule has 0 radical (unpaired) electrons. The Morgan fingerprint density at radius 3 is 1.42 bits per heavy atom. The fourth-order valence-electron chi connectivity index (χ4n) is 11.7. The maximum absolute atomic E-state index is 16.0. The summed E-state index contributed by atoms with van der Waals surface area (Å²) >= 11 is 0. The maximum atomic E-state index is 16.0. The van der Waals surface area contributed by atoms with Crippen molar-refractivity contribution in [2.75, 3.05) is 26.3 Å². The summed E-state index contributed by atoms with van der Waals surface area (Å²) in [4.78, 5) is 27.2. The molecule has 12 rings (SSSR count). The standard InChI is InChI=1S/C41H40F3NO6.C27H28F3NO6/c1-39(2,26-49-24-28-11-7-4-8-12-28)37-18-30-17-29(19-38(47)40(15-16-40)31-13-14-35-36(20-31)51-41(43,44)50-35)33(42)21-34(30)45(37)22-32(46)25-48-23-27-9-5-3-6-10-27;1-25(2,14-33)23-8-16-7-15(19(28)11-20(16)31(23)12-18(34)13-32)9-24(35)26(5-6-26)17-3-4-21-22(10-17)37-27(29,30)36-21/h3-14,17-18,20-21,32,46H,15-16,19,22-26H2,1-2H3;3-4,7-8,10-11,18,32-34H,5-6,9,12-14H2,1-2H3/t;18-/m.1/s1/i25D2;13D2. The number of benzene rings is 6. The van der Waals surface area contributed by atoms with E-state index in [9.17, 15) is 47.6 Å². The molecule has 4 heterocycles. The Morgan fingerprint density at radius 1 is 0.568 bits per heavy atom. The van der Waals surface area contributed by atoms with Gasteiger partial charge in [0, 0.05) is 45.8 Å². The van der Waals surface area contributed by atoms with Crippen molar-refractivity contribution in [2.45, 2.75) is 139 Å². The van der Waals surface area contributed by atoms with Crippen LogP contribution in [0, 0.1) is 11.6 Å². The molecule has 0 amide bonds. The Labute approximate surface area is 509 Å². The van der Waals surface area contributed by atoms with Crippen LogP contribution in [-0.2, 0) is 79.9 Å². The molecule has 2 aliphatic heterocycles. The lowest BCUT2D eigenvalue weighted by Crippen LogP contribution is -2.30. The van der Waals surface area contributed by atoms with Gasteiger partial charge in [-0.1, -0.05) is 100 Å². The largest absolute Gasteiger partial charge is 0.586 e. The van der Waals surface area contributed by atoms with Gasteiger partial charge in [-0.25, -0.2) is 8.78 Å². The number of nitrogens with zero attached hydrogens (tertiary/aromatic N) is 2. The Morgan fingerprint density at radius 2 is 0.989 bits per heavy atom. The molecule has 0 bridgehead atoms. The molecule has 2 saturated carbocycles. The maximum Gasteiger partial charge on any atom is 0.586 e. The van der Waals surface area contributed by atoms with E-state index >= 15 is 8.78 Å². The third-order valence-corrected chi connectivity index (χ3v) is 16.8. The molecular weight excluding hydrogens is 1150 g/mol. The van der Waals surface area contributed by atoms with E-state index < -0.39 is 77.8 Å². The van der Waals surface area contributed by atoms with Gasteiger partial charge < -0.3 is 58.0 Å². The quantitative estimate of drug-likeness (QED) is 0.0421. The van der Waals surface area contributed by atoms with Gasteiger partial charge in [-0.2, -0.15) is 0 Å². The Kier molecular flexibility index (Phi) is 15.5. The summed E-state index contributed by atoms with van der Waals surface area (Å²) in [5, 5.41) is 42.1. The first-order chi connectivity index (χ1) is 43.2. The number of ketones is 2. The zero-order chi connectivity index (χ0) is 66.1. The highest BCUT2D eigenvalue weighted by Crippen LogP contribution is 2.54. The second-order valence-corrected chi connectivity index (χ2v) is 24.3. The first-order valence-corrected chi connectivity index (χ1v) is 28.7. The summed E-state index contributed by atoms with van der Waals surface area (Å²) < 4.78 is 150. The average Bonchev–Trinajstić information content (AvgIpc) is 1.61. The number of carbonyl (C=O) groups is 2. The van der Waals surface area contributed by atoms with E-state index in [-0.39, 0.29) is 84.9 Å². The number of ether oxygens (including phenoxy) is 6. The molecule has 2 aliphatic carbocycles. The van der Waals surface area contributed by atoms with Crippen molar-refractivity contribution in [1.29, 1.82) is 0 Å². The molecular formula is C68H68F6N2O12. The van der Waals surface area contributed by atoms with Crippen molar-refractivity contribution in [3.63, 3.8) is 0 Å². The molecule has 2 fully saturated rings. The minimum atomic E-state index is -3.79. The number of rotatable bonds is 24. The molecule has 88 heavy (non-hydrogen) atoms. The van der Waals surface area contributed by atoms with Crippen molar-refractivity contribution in [1.82, 2.24) is 9.13 Å². The lowest BCUT2D eigenvalue weighted by Gasteiger charge is -2.28. The number of carbonyl (C=O) groups excluding carboxylic acids is 2. The second-order valence-electron chi connectivity index (χ2n) is 24.3. The van der Waals surface area contributed by atoms with Crippen molar-refractivity contribution >= 4 is 33.4 Å². The molecule has 4 N–H and O–H groups in total. The predicted molar refractivity (Wildman–Crippen MR) is 313 cm³/mol. The van der Waals surface area contributed by atoms with Gasteiger partial charge in [-0.3, -0.25) is 9.59 Å². The molecule has 2 aromatic heterocycles. The predicted octanol–water partition coefficient (Wildman–Crippen LogP) is 11.6. The first kappa shape index (κ1) is 56.8. The molecule has 0 spiro atoms. The molecule has 2 atom stereocenters. The Bertz CT molecular complexity index is 4090. The van der Waals surface area contributed by atoms with Crippen LogP contribution in [-0.4, -0.2) is 92.3 Å². The van der Waals surface area contributed by atoms with Gasteiger partial charge in [0.2, 0.25) is 0 Å². The number of hydrogen-bond acceptors (Lipinski definition) is 12. The number of aromatic nitrogens is 2. The smallest absolute Gasteiger partial charge is 0.395 e. The summed E-state index contributed by atoms with van der Waals surface area (Å²) in [6, 6.07) is 36.4. The number of halogens is 6. The van der Waals surface area contributed by atoms with Gasteiger partial charge in [-0.15, -0.1) is 17.6 Å². The highest BCUT2D eigenvalue weighted by atomic mass is 19.3. The lowest BCUT2D eigenvalue weighted by atomic mass is 9.87. The molecule has 20 heteroatoms. The zero-order valence-electron chi connectivity index (χ0n) is 52.6. The van der Waals surface area contributed by atoms with E-state index in [4.69, 9.17) is 15.0 Å². The van der Waals surface area contributed by atoms with Crippen molar-refractivity contribution in [2.24, 2.45) is 0 Å². The van der Waals surface area contributed by atoms with Crippen LogP contribution >= 0.6 is 0 Å². The lowest BCUT2D eigenvalue weighted by molar-refractivity contribution is -0.287. The SMILES string of the molecule is [2H]C([2H])(O)[C@H](O)Cn1c(C(C)(C)CO)cc2cc(CC(=O)C3(c4ccc5c(c4)OC(F)(F)O5)CC3)c(F)cc21.[2H]C([2H])(OCc1ccccc1)C(O)Cn1c(C(C)(C)COCc2ccccc2)cc2cc(CC(=O)C3(c4ccc5c(c4)OC(F)(F)O5)CC3)c(F)cc21. The molecule has 464 valence electrons. The van der Waals surface area contributed by atoms with Crippen molar-refractivity contribution in [3.05, 3.63) is 190 Å². The Balaban J connectivity index is 0.000000198. The van der Waals surface area contributed by atoms with Gasteiger partial charge in [0.15, 0.2) is 23.0 Å². The fraction of sp³-hybridized carbons (Fsp3) is 0.382.